The van der Waals surface area contributed by atoms with Gasteiger partial charge in [0.25, 0.3) is 0 Å². The fraction of sp³-hybridized carbons (Fsp3) is 0.833. The zero-order valence-corrected chi connectivity index (χ0v) is 10.0. The first-order chi connectivity index (χ1) is 7.58. The van der Waals surface area contributed by atoms with Crippen LogP contribution in [-0.2, 0) is 9.59 Å². The lowest BCUT2D eigenvalue weighted by Crippen LogP contribution is -2.46. The molecule has 3 unspecified atom stereocenters. The molecule has 1 rings (SSSR count). The van der Waals surface area contributed by atoms with E-state index >= 15 is 0 Å². The minimum Gasteiger partial charge on any atom is -0.394 e. The van der Waals surface area contributed by atoms with Gasteiger partial charge in [0.05, 0.1) is 6.61 Å². The van der Waals surface area contributed by atoms with Gasteiger partial charge < -0.3 is 10.4 Å². The van der Waals surface area contributed by atoms with Crippen molar-refractivity contribution in [3.63, 3.8) is 0 Å². The molecule has 1 amide bonds. The highest BCUT2D eigenvalue weighted by Crippen LogP contribution is 2.26. The molecule has 0 aliphatic carbocycles. The van der Waals surface area contributed by atoms with E-state index in [1.54, 1.807) is 0 Å². The van der Waals surface area contributed by atoms with Crippen LogP contribution in [0, 0.1) is 11.8 Å². The van der Waals surface area contributed by atoms with Crippen molar-refractivity contribution < 1.29 is 14.7 Å². The maximum absolute atomic E-state index is 11.8. The van der Waals surface area contributed by atoms with Gasteiger partial charge in [-0.3, -0.25) is 9.59 Å². The second-order valence-electron chi connectivity index (χ2n) is 4.66. The first kappa shape index (κ1) is 13.2. The van der Waals surface area contributed by atoms with Crippen LogP contribution in [0.15, 0.2) is 0 Å². The van der Waals surface area contributed by atoms with E-state index in [4.69, 9.17) is 5.11 Å². The van der Waals surface area contributed by atoms with Gasteiger partial charge in [-0.1, -0.05) is 20.3 Å². The van der Waals surface area contributed by atoms with E-state index in [9.17, 15) is 9.59 Å². The number of hydrogen-bond donors (Lipinski definition) is 2. The third-order valence-electron chi connectivity index (χ3n) is 3.56. The Balaban J connectivity index is 2.71. The topological polar surface area (TPSA) is 66.4 Å². The summed E-state index contributed by atoms with van der Waals surface area (Å²) in [4.78, 5) is 23.2. The molecule has 92 valence electrons. The Labute approximate surface area is 96.4 Å². The predicted octanol–water partition coefficient (Wildman–Crippen LogP) is 0.879. The molecule has 1 fully saturated rings. The number of carbonyl (C=O) groups excluding carboxylic acids is 2. The number of ketones is 1. The summed E-state index contributed by atoms with van der Waals surface area (Å²) in [7, 11) is 0. The van der Waals surface area contributed by atoms with Crippen LogP contribution in [0.25, 0.3) is 0 Å². The molecular weight excluding hydrogens is 206 g/mol. The van der Waals surface area contributed by atoms with Crippen LogP contribution in [0.1, 0.15) is 39.5 Å². The van der Waals surface area contributed by atoms with Gasteiger partial charge in [0.2, 0.25) is 5.91 Å². The summed E-state index contributed by atoms with van der Waals surface area (Å²) in [6, 6.07) is -0.695. The van der Waals surface area contributed by atoms with Crippen molar-refractivity contribution in [3.05, 3.63) is 0 Å². The molecule has 1 aliphatic heterocycles. The fourth-order valence-electron chi connectivity index (χ4n) is 2.13. The van der Waals surface area contributed by atoms with Crippen molar-refractivity contribution >= 4 is 11.7 Å². The van der Waals surface area contributed by atoms with Crippen molar-refractivity contribution in [3.8, 4) is 0 Å². The van der Waals surface area contributed by atoms with Crippen LogP contribution in [0.2, 0.25) is 0 Å². The summed E-state index contributed by atoms with van der Waals surface area (Å²) in [6.45, 7) is 3.92. The molecule has 1 saturated heterocycles. The van der Waals surface area contributed by atoms with Crippen LogP contribution in [0.3, 0.4) is 0 Å². The quantitative estimate of drug-likeness (QED) is 0.752. The summed E-state index contributed by atoms with van der Waals surface area (Å²) in [5, 5.41) is 11.6. The number of nitrogens with one attached hydrogen (secondary N) is 1. The SMILES string of the molecule is CCC(C)C1CCC(=O)NC(CO)C(=O)C1. The maximum Gasteiger partial charge on any atom is 0.220 e. The van der Waals surface area contributed by atoms with Gasteiger partial charge in [0, 0.05) is 12.8 Å². The molecule has 3 atom stereocenters. The van der Waals surface area contributed by atoms with Gasteiger partial charge in [-0.25, -0.2) is 0 Å². The molecule has 0 radical (unpaired) electrons. The summed E-state index contributed by atoms with van der Waals surface area (Å²) in [5.74, 6) is 0.563. The number of carbonyl (C=O) groups is 2. The van der Waals surface area contributed by atoms with E-state index in [0.29, 0.717) is 18.8 Å². The third-order valence-corrected chi connectivity index (χ3v) is 3.56. The Hall–Kier alpha value is -0.900. The average Bonchev–Trinajstić information content (AvgIpc) is 2.27. The summed E-state index contributed by atoms with van der Waals surface area (Å²) < 4.78 is 0. The van der Waals surface area contributed by atoms with Crippen LogP contribution < -0.4 is 5.32 Å². The van der Waals surface area contributed by atoms with Crippen molar-refractivity contribution in [2.75, 3.05) is 6.61 Å². The lowest BCUT2D eigenvalue weighted by molar-refractivity contribution is -0.131. The highest BCUT2D eigenvalue weighted by atomic mass is 16.3. The minimum atomic E-state index is -0.695. The van der Waals surface area contributed by atoms with Crippen molar-refractivity contribution in [1.29, 1.82) is 0 Å². The average molecular weight is 227 g/mol. The highest BCUT2D eigenvalue weighted by Gasteiger charge is 2.28. The maximum atomic E-state index is 11.8. The van der Waals surface area contributed by atoms with E-state index in [0.717, 1.165) is 12.8 Å². The molecule has 2 N–H and O–H groups in total. The van der Waals surface area contributed by atoms with Crippen molar-refractivity contribution in [2.24, 2.45) is 11.8 Å². The summed E-state index contributed by atoms with van der Waals surface area (Å²) in [6.07, 6.45) is 2.72. The predicted molar refractivity (Wildman–Crippen MR) is 60.8 cm³/mol. The molecule has 4 nitrogen and oxygen atoms in total. The molecule has 0 spiro atoms. The molecular formula is C12H21NO3. The molecule has 4 heteroatoms. The van der Waals surface area contributed by atoms with Crippen LogP contribution in [-0.4, -0.2) is 29.4 Å². The van der Waals surface area contributed by atoms with Gasteiger partial charge in [0.15, 0.2) is 5.78 Å². The van der Waals surface area contributed by atoms with Crippen molar-refractivity contribution in [2.45, 2.75) is 45.6 Å². The monoisotopic (exact) mass is 227 g/mol. The van der Waals surface area contributed by atoms with Gasteiger partial charge in [-0.2, -0.15) is 0 Å². The summed E-state index contributed by atoms with van der Waals surface area (Å²) in [5.41, 5.74) is 0. The van der Waals surface area contributed by atoms with Gasteiger partial charge in [-0.05, 0) is 18.3 Å². The van der Waals surface area contributed by atoms with E-state index in [1.807, 2.05) is 0 Å². The van der Waals surface area contributed by atoms with Gasteiger partial charge in [-0.15, -0.1) is 0 Å². The number of Topliss-reactive ketones (excluding diaryl/α,β-unsaturated/α-hetero) is 1. The molecule has 0 aromatic rings. The smallest absolute Gasteiger partial charge is 0.220 e. The Morgan fingerprint density at radius 3 is 2.75 bits per heavy atom. The first-order valence-electron chi connectivity index (χ1n) is 6.01. The van der Waals surface area contributed by atoms with Gasteiger partial charge >= 0.3 is 0 Å². The van der Waals surface area contributed by atoms with Crippen LogP contribution in [0.4, 0.5) is 0 Å². The van der Waals surface area contributed by atoms with Crippen LogP contribution in [0.5, 0.6) is 0 Å². The Bertz CT molecular complexity index is 265. The zero-order chi connectivity index (χ0) is 12.1. The molecule has 1 aliphatic rings. The second-order valence-corrected chi connectivity index (χ2v) is 4.66. The van der Waals surface area contributed by atoms with Crippen molar-refractivity contribution in [1.82, 2.24) is 5.32 Å². The fourth-order valence-corrected chi connectivity index (χ4v) is 2.13. The molecule has 0 bridgehead atoms. The highest BCUT2D eigenvalue weighted by molar-refractivity contribution is 5.90. The van der Waals surface area contributed by atoms with E-state index in [-0.39, 0.29) is 24.2 Å². The normalized spacial score (nSPS) is 29.2. The standard InChI is InChI=1S/C12H21NO3/c1-3-8(2)9-4-5-12(16)13-10(7-14)11(15)6-9/h8-10,14H,3-7H2,1-2H3,(H,13,16). The van der Waals surface area contributed by atoms with Gasteiger partial charge in [0.1, 0.15) is 6.04 Å². The Kier molecular flexibility index (Phi) is 4.93. The largest absolute Gasteiger partial charge is 0.394 e. The summed E-state index contributed by atoms with van der Waals surface area (Å²) >= 11 is 0. The van der Waals surface area contributed by atoms with E-state index in [1.165, 1.54) is 0 Å². The molecule has 0 aromatic carbocycles. The lowest BCUT2D eigenvalue weighted by Gasteiger charge is -2.27. The Morgan fingerprint density at radius 2 is 2.19 bits per heavy atom. The molecule has 1 heterocycles. The number of amides is 1. The van der Waals surface area contributed by atoms with E-state index in [2.05, 4.69) is 19.2 Å². The molecule has 0 aromatic heterocycles. The minimum absolute atomic E-state index is 0.0409. The lowest BCUT2D eigenvalue weighted by atomic mass is 9.82. The molecule has 16 heavy (non-hydrogen) atoms. The number of rotatable bonds is 3. The third kappa shape index (κ3) is 3.30. The second kappa shape index (κ2) is 5.99. The zero-order valence-electron chi connectivity index (χ0n) is 10.0. The Morgan fingerprint density at radius 1 is 1.50 bits per heavy atom. The number of aliphatic hydroxyl groups is 1. The number of hydrogen-bond acceptors (Lipinski definition) is 3. The first-order valence-corrected chi connectivity index (χ1v) is 6.01. The van der Waals surface area contributed by atoms with Crippen LogP contribution >= 0.6 is 0 Å². The van der Waals surface area contributed by atoms with E-state index < -0.39 is 6.04 Å². The number of aliphatic hydroxyl groups excluding tert-OH is 1. The molecule has 0 saturated carbocycles.